The molecule has 19 heavy (non-hydrogen) atoms. The minimum atomic E-state index is -0.416. The summed E-state index contributed by atoms with van der Waals surface area (Å²) in [7, 11) is 0. The number of hydrogen-bond donors (Lipinski definition) is 0. The number of nitriles is 1. The van der Waals surface area contributed by atoms with Gasteiger partial charge < -0.3 is 0 Å². The van der Waals surface area contributed by atoms with Crippen molar-refractivity contribution >= 4 is 5.78 Å². The fourth-order valence-electron chi connectivity index (χ4n) is 3.60. The fraction of sp³-hybridized carbons (Fsp3) is 0.765. The molecule has 2 aliphatic carbocycles. The lowest BCUT2D eigenvalue weighted by molar-refractivity contribution is -0.120. The van der Waals surface area contributed by atoms with Crippen LogP contribution in [-0.4, -0.2) is 5.78 Å². The maximum absolute atomic E-state index is 12.0. The van der Waals surface area contributed by atoms with Crippen LogP contribution in [0.15, 0.2) is 0 Å². The Morgan fingerprint density at radius 2 is 2.00 bits per heavy atom. The van der Waals surface area contributed by atoms with Crippen molar-refractivity contribution in [3.63, 3.8) is 0 Å². The molecule has 0 heterocycles. The third-order valence-electron chi connectivity index (χ3n) is 5.04. The van der Waals surface area contributed by atoms with E-state index in [2.05, 4.69) is 17.9 Å². The zero-order valence-corrected chi connectivity index (χ0v) is 12.5. The van der Waals surface area contributed by atoms with Crippen LogP contribution in [0.2, 0.25) is 0 Å². The third kappa shape index (κ3) is 2.08. The fourth-order valence-corrected chi connectivity index (χ4v) is 3.60. The molecule has 2 fully saturated rings. The number of ketones is 1. The number of Topliss-reactive ketones (excluding diaryl/α,β-unsaturated/α-hetero) is 1. The molecule has 0 aliphatic heterocycles. The van der Waals surface area contributed by atoms with E-state index in [-0.39, 0.29) is 16.6 Å². The largest absolute Gasteiger partial charge is 0.284 e. The third-order valence-corrected chi connectivity index (χ3v) is 5.04. The molecule has 2 heteroatoms. The maximum Gasteiger partial charge on any atom is 0.210 e. The Labute approximate surface area is 116 Å². The summed E-state index contributed by atoms with van der Waals surface area (Å²) in [6.07, 6.45) is 5.46. The van der Waals surface area contributed by atoms with Gasteiger partial charge in [0.2, 0.25) is 5.78 Å². The Balaban J connectivity index is 2.32. The van der Waals surface area contributed by atoms with Crippen LogP contribution in [0, 0.1) is 45.3 Å². The van der Waals surface area contributed by atoms with Crippen molar-refractivity contribution in [3.8, 4) is 17.9 Å². The van der Waals surface area contributed by atoms with Gasteiger partial charge in [-0.1, -0.05) is 39.5 Å². The van der Waals surface area contributed by atoms with E-state index in [1.165, 1.54) is 6.42 Å². The van der Waals surface area contributed by atoms with E-state index < -0.39 is 5.41 Å². The Bertz CT molecular complexity index is 496. The van der Waals surface area contributed by atoms with Crippen LogP contribution in [0.1, 0.15) is 59.8 Å². The predicted octanol–water partition coefficient (Wildman–Crippen LogP) is 3.72. The Hall–Kier alpha value is -1.28. The van der Waals surface area contributed by atoms with Gasteiger partial charge in [-0.3, -0.25) is 4.79 Å². The summed E-state index contributed by atoms with van der Waals surface area (Å²) >= 11 is 0. The van der Waals surface area contributed by atoms with Crippen molar-refractivity contribution in [1.29, 1.82) is 5.26 Å². The Morgan fingerprint density at radius 1 is 1.32 bits per heavy atom. The van der Waals surface area contributed by atoms with Crippen molar-refractivity contribution in [2.75, 3.05) is 0 Å². The monoisotopic (exact) mass is 257 g/mol. The number of rotatable bonds is 0. The van der Waals surface area contributed by atoms with E-state index in [1.54, 1.807) is 0 Å². The summed E-state index contributed by atoms with van der Waals surface area (Å²) in [5.74, 6) is 6.63. The van der Waals surface area contributed by atoms with Gasteiger partial charge in [-0.25, -0.2) is 0 Å². The number of carbonyl (C=O) groups excluding carboxylic acids is 1. The second kappa shape index (κ2) is 4.38. The topological polar surface area (TPSA) is 40.9 Å². The van der Waals surface area contributed by atoms with Crippen molar-refractivity contribution in [3.05, 3.63) is 0 Å². The number of hydrogen-bond acceptors (Lipinski definition) is 2. The van der Waals surface area contributed by atoms with Crippen molar-refractivity contribution < 1.29 is 4.79 Å². The first-order chi connectivity index (χ1) is 8.75. The molecule has 0 saturated heterocycles. The van der Waals surface area contributed by atoms with Crippen LogP contribution in [-0.2, 0) is 4.79 Å². The number of fused-ring (bicyclic) bond motifs is 1. The Morgan fingerprint density at radius 3 is 2.53 bits per heavy atom. The highest BCUT2D eigenvalue weighted by molar-refractivity contribution is 5.99. The van der Waals surface area contributed by atoms with E-state index in [0.29, 0.717) is 5.92 Å². The first-order valence-electron chi connectivity index (χ1n) is 7.24. The van der Waals surface area contributed by atoms with E-state index in [9.17, 15) is 10.1 Å². The van der Waals surface area contributed by atoms with Gasteiger partial charge in [-0.15, -0.1) is 0 Å². The van der Waals surface area contributed by atoms with E-state index in [4.69, 9.17) is 0 Å². The normalized spacial score (nSPS) is 37.1. The molecule has 2 rings (SSSR count). The highest BCUT2D eigenvalue weighted by atomic mass is 16.1. The van der Waals surface area contributed by atoms with E-state index in [0.717, 1.165) is 25.7 Å². The number of carbonyl (C=O) groups is 1. The average molecular weight is 257 g/mol. The molecule has 3 atom stereocenters. The molecule has 2 saturated carbocycles. The molecule has 0 spiro atoms. The molecule has 0 unspecified atom stereocenters. The van der Waals surface area contributed by atoms with Crippen LogP contribution >= 0.6 is 0 Å². The second-order valence-electron chi connectivity index (χ2n) is 7.39. The van der Waals surface area contributed by atoms with Crippen LogP contribution in [0.5, 0.6) is 0 Å². The molecule has 0 N–H and O–H groups in total. The van der Waals surface area contributed by atoms with Gasteiger partial charge >= 0.3 is 0 Å². The van der Waals surface area contributed by atoms with Gasteiger partial charge in [-0.2, -0.15) is 5.26 Å². The summed E-state index contributed by atoms with van der Waals surface area (Å²) in [5, 5.41) is 9.47. The van der Waals surface area contributed by atoms with Crippen LogP contribution in [0.25, 0.3) is 0 Å². The van der Waals surface area contributed by atoms with Crippen LogP contribution < -0.4 is 0 Å². The lowest BCUT2D eigenvalue weighted by Crippen LogP contribution is -2.56. The van der Waals surface area contributed by atoms with E-state index in [1.807, 2.05) is 27.7 Å². The molecule has 102 valence electrons. The second-order valence-corrected chi connectivity index (χ2v) is 7.39. The summed E-state index contributed by atoms with van der Waals surface area (Å²) in [4.78, 5) is 12.0. The van der Waals surface area contributed by atoms with Gasteiger partial charge in [0, 0.05) is 5.41 Å². The standard InChI is InChI=1S/C17H23NO/c1-15(2,3)14(19)8-10-17-9-6-5-7-13(17)11-16(17,4)12-18/h13H,5-7,9,11H2,1-4H3/t13-,16+,17+/m0/s1. The minimum absolute atomic E-state index is 0.0154. The highest BCUT2D eigenvalue weighted by Gasteiger charge is 2.63. The maximum atomic E-state index is 12.0. The van der Waals surface area contributed by atoms with Gasteiger partial charge in [-0.05, 0) is 38.0 Å². The average Bonchev–Trinajstić information content (AvgIpc) is 2.34. The van der Waals surface area contributed by atoms with Gasteiger partial charge in [0.05, 0.1) is 16.9 Å². The highest BCUT2D eigenvalue weighted by Crippen LogP contribution is 2.66. The molecule has 2 nitrogen and oxygen atoms in total. The quantitative estimate of drug-likeness (QED) is 0.490. The molecule has 0 aromatic heterocycles. The van der Waals surface area contributed by atoms with Gasteiger partial charge in [0.15, 0.2) is 0 Å². The lowest BCUT2D eigenvalue weighted by Gasteiger charge is -2.59. The molecular formula is C17H23NO. The smallest absolute Gasteiger partial charge is 0.210 e. The van der Waals surface area contributed by atoms with Crippen molar-refractivity contribution in [1.82, 2.24) is 0 Å². The molecule has 0 aromatic carbocycles. The first-order valence-corrected chi connectivity index (χ1v) is 7.24. The van der Waals surface area contributed by atoms with E-state index >= 15 is 0 Å². The SMILES string of the molecule is CC(C)(C)C(=O)C#C[C@]12CCCC[C@H]1C[C@]2(C)C#N. The van der Waals surface area contributed by atoms with Crippen molar-refractivity contribution in [2.24, 2.45) is 22.2 Å². The van der Waals surface area contributed by atoms with Gasteiger partial charge in [0.25, 0.3) is 0 Å². The zero-order valence-electron chi connectivity index (χ0n) is 12.5. The van der Waals surface area contributed by atoms with Crippen LogP contribution in [0.4, 0.5) is 0 Å². The zero-order chi connectivity index (χ0) is 14.3. The lowest BCUT2D eigenvalue weighted by atomic mass is 9.41. The van der Waals surface area contributed by atoms with Crippen molar-refractivity contribution in [2.45, 2.75) is 59.8 Å². The predicted molar refractivity (Wildman–Crippen MR) is 75.0 cm³/mol. The van der Waals surface area contributed by atoms with Gasteiger partial charge in [0.1, 0.15) is 0 Å². The first kappa shape index (κ1) is 14.1. The molecule has 0 amide bonds. The van der Waals surface area contributed by atoms with Crippen LogP contribution in [0.3, 0.4) is 0 Å². The summed E-state index contributed by atoms with van der Waals surface area (Å²) in [6, 6.07) is 2.47. The summed E-state index contributed by atoms with van der Waals surface area (Å²) in [6.45, 7) is 7.70. The molecule has 2 aliphatic rings. The molecular weight excluding hydrogens is 234 g/mol. The molecule has 0 bridgehead atoms. The summed E-state index contributed by atoms with van der Waals surface area (Å²) < 4.78 is 0. The summed E-state index contributed by atoms with van der Waals surface area (Å²) in [5.41, 5.74) is -0.995. The molecule has 0 radical (unpaired) electrons. The molecule has 0 aromatic rings. The number of nitrogens with zero attached hydrogens (tertiary/aromatic N) is 1. The Kier molecular flexibility index (Phi) is 3.26. The minimum Gasteiger partial charge on any atom is -0.284 e.